The summed E-state index contributed by atoms with van der Waals surface area (Å²) in [5.74, 6) is 1.04. The highest BCUT2D eigenvalue weighted by molar-refractivity contribution is 4.88. The molecule has 0 radical (unpaired) electrons. The van der Waals surface area contributed by atoms with Gasteiger partial charge in [0, 0.05) is 32.2 Å². The summed E-state index contributed by atoms with van der Waals surface area (Å²) in [5, 5.41) is 3.44. The van der Waals surface area contributed by atoms with E-state index < -0.39 is 0 Å². The quantitative estimate of drug-likeness (QED) is 0.810. The second-order valence-electron chi connectivity index (χ2n) is 7.23. The van der Waals surface area contributed by atoms with Gasteiger partial charge in [0.05, 0.1) is 0 Å². The summed E-state index contributed by atoms with van der Waals surface area (Å²) in [5.41, 5.74) is 0.529. The molecule has 0 unspecified atom stereocenters. The van der Waals surface area contributed by atoms with Gasteiger partial charge in [-0.05, 0) is 30.6 Å². The Bertz CT molecular complexity index is 220. The fraction of sp³-hybridized carbons (Fsp3) is 1.00. The van der Waals surface area contributed by atoms with E-state index in [1.165, 1.54) is 58.3 Å². The molecule has 1 saturated heterocycles. The summed E-state index contributed by atoms with van der Waals surface area (Å²) in [6, 6.07) is 0.928. The van der Waals surface area contributed by atoms with Crippen LogP contribution in [0.25, 0.3) is 0 Å². The van der Waals surface area contributed by atoms with Crippen molar-refractivity contribution in [2.24, 2.45) is 11.3 Å². The molecule has 2 heteroatoms. The predicted molar refractivity (Wildman–Crippen MR) is 74.3 cm³/mol. The first-order valence-electron chi connectivity index (χ1n) is 7.49. The van der Waals surface area contributed by atoms with E-state index in [1.54, 1.807) is 0 Å². The predicted octanol–water partition coefficient (Wildman–Crippen LogP) is 2.89. The molecule has 0 bridgehead atoms. The number of nitrogens with one attached hydrogen (secondary N) is 1. The molecule has 0 amide bonds. The van der Waals surface area contributed by atoms with Crippen LogP contribution in [0.3, 0.4) is 0 Å². The van der Waals surface area contributed by atoms with Crippen molar-refractivity contribution in [3.63, 3.8) is 0 Å². The Kier molecular flexibility index (Phi) is 4.48. The molecule has 2 fully saturated rings. The zero-order valence-corrected chi connectivity index (χ0v) is 12.0. The molecule has 100 valence electrons. The highest BCUT2D eigenvalue weighted by atomic mass is 15.2. The number of rotatable bonds is 4. The molecule has 1 saturated carbocycles. The van der Waals surface area contributed by atoms with Crippen LogP contribution in [0.4, 0.5) is 0 Å². The minimum atomic E-state index is 0.529. The lowest BCUT2D eigenvalue weighted by Gasteiger charge is -2.45. The highest BCUT2D eigenvalue weighted by Crippen LogP contribution is 2.36. The molecule has 0 atom stereocenters. The molecule has 2 aliphatic rings. The minimum Gasteiger partial charge on any atom is -0.314 e. The molecule has 0 aromatic carbocycles. The van der Waals surface area contributed by atoms with Gasteiger partial charge < -0.3 is 5.32 Å². The minimum absolute atomic E-state index is 0.529. The van der Waals surface area contributed by atoms with Crippen molar-refractivity contribution in [2.75, 3.05) is 26.2 Å². The van der Waals surface area contributed by atoms with Crippen molar-refractivity contribution in [3.05, 3.63) is 0 Å². The molecule has 1 N–H and O–H groups in total. The Balaban J connectivity index is 1.56. The second-order valence-corrected chi connectivity index (χ2v) is 7.23. The van der Waals surface area contributed by atoms with Gasteiger partial charge in [0.2, 0.25) is 0 Å². The van der Waals surface area contributed by atoms with E-state index in [-0.39, 0.29) is 0 Å². The SMILES string of the molecule is CC(C)(C)CCCC1CC(N2CCNCC2)C1. The van der Waals surface area contributed by atoms with Crippen LogP contribution in [0, 0.1) is 11.3 Å². The van der Waals surface area contributed by atoms with Gasteiger partial charge in [-0.2, -0.15) is 0 Å². The summed E-state index contributed by atoms with van der Waals surface area (Å²) < 4.78 is 0. The normalized spacial score (nSPS) is 31.2. The smallest absolute Gasteiger partial charge is 0.0110 e. The van der Waals surface area contributed by atoms with E-state index in [2.05, 4.69) is 31.0 Å². The third-order valence-electron chi connectivity index (χ3n) is 4.42. The first-order chi connectivity index (χ1) is 8.04. The maximum Gasteiger partial charge on any atom is 0.0110 e. The molecular formula is C15H30N2. The van der Waals surface area contributed by atoms with Crippen LogP contribution < -0.4 is 5.32 Å². The Labute approximate surface area is 107 Å². The van der Waals surface area contributed by atoms with Gasteiger partial charge in [-0.15, -0.1) is 0 Å². The van der Waals surface area contributed by atoms with Gasteiger partial charge in [0.1, 0.15) is 0 Å². The Morgan fingerprint density at radius 3 is 2.35 bits per heavy atom. The lowest BCUT2D eigenvalue weighted by molar-refractivity contribution is 0.0617. The van der Waals surface area contributed by atoms with Crippen molar-refractivity contribution in [1.82, 2.24) is 10.2 Å². The zero-order chi connectivity index (χ0) is 12.3. The van der Waals surface area contributed by atoms with Gasteiger partial charge in [-0.25, -0.2) is 0 Å². The molecule has 2 rings (SSSR count). The largest absolute Gasteiger partial charge is 0.314 e. The molecule has 0 aromatic heterocycles. The Morgan fingerprint density at radius 2 is 1.76 bits per heavy atom. The van der Waals surface area contributed by atoms with E-state index in [9.17, 15) is 0 Å². The molecule has 17 heavy (non-hydrogen) atoms. The van der Waals surface area contributed by atoms with E-state index in [4.69, 9.17) is 0 Å². The molecule has 1 aliphatic heterocycles. The van der Waals surface area contributed by atoms with E-state index in [1.807, 2.05) is 0 Å². The fourth-order valence-electron chi connectivity index (χ4n) is 3.20. The van der Waals surface area contributed by atoms with Crippen LogP contribution in [-0.4, -0.2) is 37.1 Å². The van der Waals surface area contributed by atoms with Gasteiger partial charge in [-0.1, -0.05) is 33.6 Å². The van der Waals surface area contributed by atoms with Crippen LogP contribution in [-0.2, 0) is 0 Å². The molecular weight excluding hydrogens is 208 g/mol. The molecule has 0 spiro atoms. The van der Waals surface area contributed by atoms with Crippen LogP contribution in [0.15, 0.2) is 0 Å². The lowest BCUT2D eigenvalue weighted by Crippen LogP contribution is -2.52. The van der Waals surface area contributed by atoms with Crippen molar-refractivity contribution >= 4 is 0 Å². The average molecular weight is 238 g/mol. The number of nitrogens with zero attached hydrogens (tertiary/aromatic N) is 1. The summed E-state index contributed by atoms with van der Waals surface area (Å²) in [6.45, 7) is 12.0. The van der Waals surface area contributed by atoms with Crippen molar-refractivity contribution < 1.29 is 0 Å². The van der Waals surface area contributed by atoms with Crippen molar-refractivity contribution in [3.8, 4) is 0 Å². The van der Waals surface area contributed by atoms with Gasteiger partial charge >= 0.3 is 0 Å². The van der Waals surface area contributed by atoms with Crippen LogP contribution in [0.5, 0.6) is 0 Å². The maximum absolute atomic E-state index is 3.44. The zero-order valence-electron chi connectivity index (χ0n) is 12.0. The van der Waals surface area contributed by atoms with Gasteiger partial charge in [0.25, 0.3) is 0 Å². The molecule has 0 aromatic rings. The van der Waals surface area contributed by atoms with E-state index in [0.717, 1.165) is 12.0 Å². The topological polar surface area (TPSA) is 15.3 Å². The summed E-state index contributed by atoms with van der Waals surface area (Å²) in [7, 11) is 0. The fourth-order valence-corrected chi connectivity index (χ4v) is 3.20. The van der Waals surface area contributed by atoms with Crippen LogP contribution >= 0.6 is 0 Å². The standard InChI is InChI=1S/C15H30N2/c1-15(2,3)6-4-5-13-11-14(12-13)17-9-7-16-8-10-17/h13-14,16H,4-12H2,1-3H3. The van der Waals surface area contributed by atoms with Crippen LogP contribution in [0.2, 0.25) is 0 Å². The number of piperazine rings is 1. The number of hydrogen-bond acceptors (Lipinski definition) is 2. The van der Waals surface area contributed by atoms with E-state index >= 15 is 0 Å². The first kappa shape index (κ1) is 13.4. The molecule has 1 heterocycles. The molecule has 1 aliphatic carbocycles. The summed E-state index contributed by atoms with van der Waals surface area (Å²) in [4.78, 5) is 2.71. The van der Waals surface area contributed by atoms with Gasteiger partial charge in [0.15, 0.2) is 0 Å². The third kappa shape index (κ3) is 4.26. The van der Waals surface area contributed by atoms with E-state index in [0.29, 0.717) is 5.41 Å². The highest BCUT2D eigenvalue weighted by Gasteiger charge is 2.33. The van der Waals surface area contributed by atoms with Gasteiger partial charge in [-0.3, -0.25) is 4.90 Å². The van der Waals surface area contributed by atoms with Crippen molar-refractivity contribution in [2.45, 2.75) is 58.9 Å². The first-order valence-corrected chi connectivity index (χ1v) is 7.49. The average Bonchev–Trinajstić information content (AvgIpc) is 2.21. The Hall–Kier alpha value is -0.0800. The Morgan fingerprint density at radius 1 is 1.12 bits per heavy atom. The second kappa shape index (κ2) is 5.71. The third-order valence-corrected chi connectivity index (χ3v) is 4.42. The molecule has 2 nitrogen and oxygen atoms in total. The summed E-state index contributed by atoms with van der Waals surface area (Å²) >= 11 is 0. The number of hydrogen-bond donors (Lipinski definition) is 1. The maximum atomic E-state index is 3.44. The van der Waals surface area contributed by atoms with Crippen LogP contribution in [0.1, 0.15) is 52.9 Å². The lowest BCUT2D eigenvalue weighted by atomic mass is 9.75. The van der Waals surface area contributed by atoms with Crippen molar-refractivity contribution in [1.29, 1.82) is 0 Å². The summed E-state index contributed by atoms with van der Waals surface area (Å²) in [6.07, 6.45) is 7.25. The monoisotopic (exact) mass is 238 g/mol.